The third-order valence-corrected chi connectivity index (χ3v) is 4.33. The van der Waals surface area contributed by atoms with Gasteiger partial charge in [-0.15, -0.1) is 0 Å². The van der Waals surface area contributed by atoms with Crippen molar-refractivity contribution in [1.82, 2.24) is 9.55 Å². The largest absolute Gasteiger partial charge is 0.416 e. The molecule has 26 heavy (non-hydrogen) atoms. The minimum Gasteiger partial charge on any atom is -0.361 e. The van der Waals surface area contributed by atoms with Crippen LogP contribution in [0.25, 0.3) is 22.0 Å². The number of fused-ring (bicyclic) bond motifs is 1. The van der Waals surface area contributed by atoms with Crippen molar-refractivity contribution in [2.24, 2.45) is 7.05 Å². The minimum atomic E-state index is -4.33. The van der Waals surface area contributed by atoms with Gasteiger partial charge < -0.3 is 14.9 Å². The first-order valence-corrected chi connectivity index (χ1v) is 8.08. The van der Waals surface area contributed by atoms with Crippen molar-refractivity contribution in [1.29, 1.82) is 0 Å². The zero-order chi connectivity index (χ0) is 18.3. The number of halogens is 3. The lowest BCUT2D eigenvalue weighted by atomic mass is 10.1. The van der Waals surface area contributed by atoms with Gasteiger partial charge in [-0.05, 0) is 30.3 Å². The lowest BCUT2D eigenvalue weighted by Crippen LogP contribution is -2.04. The number of aromatic nitrogens is 2. The van der Waals surface area contributed by atoms with Crippen molar-refractivity contribution in [3.8, 4) is 11.1 Å². The van der Waals surface area contributed by atoms with Crippen LogP contribution in [-0.2, 0) is 13.2 Å². The van der Waals surface area contributed by atoms with E-state index in [1.165, 1.54) is 12.1 Å². The van der Waals surface area contributed by atoms with Crippen LogP contribution in [0.1, 0.15) is 5.56 Å². The summed E-state index contributed by atoms with van der Waals surface area (Å²) in [7, 11) is 1.91. The van der Waals surface area contributed by atoms with E-state index in [-0.39, 0.29) is 0 Å². The predicted molar refractivity (Wildman–Crippen MR) is 97.4 cm³/mol. The van der Waals surface area contributed by atoms with Crippen LogP contribution in [0.3, 0.4) is 0 Å². The first-order valence-electron chi connectivity index (χ1n) is 8.08. The van der Waals surface area contributed by atoms with Crippen LogP contribution in [0.5, 0.6) is 0 Å². The van der Waals surface area contributed by atoms with Crippen molar-refractivity contribution < 1.29 is 13.2 Å². The molecule has 6 heteroatoms. The van der Waals surface area contributed by atoms with Crippen LogP contribution in [0.15, 0.2) is 67.1 Å². The second-order valence-corrected chi connectivity index (χ2v) is 6.20. The fraction of sp³-hybridized carbons (Fsp3) is 0.100. The van der Waals surface area contributed by atoms with Gasteiger partial charge in [0.2, 0.25) is 0 Å². The van der Waals surface area contributed by atoms with E-state index in [0.717, 1.165) is 39.8 Å². The standard InChI is InChI=1S/C20H16F3N3/c1-26-11-17(16-10-24-18-5-3-2-4-15(16)18)19(12-26)25-14-8-6-13(7-9-14)20(21,22)23/h2-12,24-25H,1H3. The molecule has 4 aromatic rings. The average molecular weight is 355 g/mol. The highest BCUT2D eigenvalue weighted by atomic mass is 19.4. The number of anilines is 2. The Hall–Kier alpha value is -3.15. The van der Waals surface area contributed by atoms with Crippen LogP contribution < -0.4 is 5.32 Å². The van der Waals surface area contributed by atoms with Gasteiger partial charge in [0.15, 0.2) is 0 Å². The molecule has 0 fully saturated rings. The maximum absolute atomic E-state index is 12.7. The van der Waals surface area contributed by atoms with E-state index in [4.69, 9.17) is 0 Å². The molecule has 0 amide bonds. The summed E-state index contributed by atoms with van der Waals surface area (Å²) in [5.74, 6) is 0. The van der Waals surface area contributed by atoms with Gasteiger partial charge in [0.05, 0.1) is 11.3 Å². The fourth-order valence-electron chi connectivity index (χ4n) is 3.09. The van der Waals surface area contributed by atoms with Crippen molar-refractivity contribution in [3.05, 3.63) is 72.7 Å². The van der Waals surface area contributed by atoms with Crippen LogP contribution in [0.4, 0.5) is 24.5 Å². The van der Waals surface area contributed by atoms with Gasteiger partial charge in [0, 0.05) is 53.4 Å². The maximum Gasteiger partial charge on any atom is 0.416 e. The highest BCUT2D eigenvalue weighted by Crippen LogP contribution is 2.36. The second kappa shape index (κ2) is 5.98. The molecule has 2 N–H and O–H groups in total. The van der Waals surface area contributed by atoms with Gasteiger partial charge in [-0.1, -0.05) is 18.2 Å². The molecule has 0 spiro atoms. The zero-order valence-electron chi connectivity index (χ0n) is 13.9. The number of nitrogens with zero attached hydrogens (tertiary/aromatic N) is 1. The fourth-order valence-corrected chi connectivity index (χ4v) is 3.09. The second-order valence-electron chi connectivity index (χ2n) is 6.20. The molecule has 0 bridgehead atoms. The summed E-state index contributed by atoms with van der Waals surface area (Å²) in [6.07, 6.45) is 1.51. The summed E-state index contributed by atoms with van der Waals surface area (Å²) in [5.41, 5.74) is 3.82. The third-order valence-electron chi connectivity index (χ3n) is 4.33. The van der Waals surface area contributed by atoms with Crippen LogP contribution in [-0.4, -0.2) is 9.55 Å². The van der Waals surface area contributed by atoms with Gasteiger partial charge in [-0.25, -0.2) is 0 Å². The number of H-pyrrole nitrogens is 1. The van der Waals surface area contributed by atoms with E-state index in [9.17, 15) is 13.2 Å². The van der Waals surface area contributed by atoms with Crippen molar-refractivity contribution in [2.75, 3.05) is 5.32 Å². The van der Waals surface area contributed by atoms with E-state index in [1.807, 2.05) is 54.5 Å². The highest BCUT2D eigenvalue weighted by molar-refractivity contribution is 5.99. The van der Waals surface area contributed by atoms with E-state index in [1.54, 1.807) is 0 Å². The molecule has 2 heterocycles. The number of aryl methyl sites for hydroxylation is 1. The molecule has 0 saturated heterocycles. The van der Waals surface area contributed by atoms with Crippen LogP contribution in [0.2, 0.25) is 0 Å². The van der Waals surface area contributed by atoms with Gasteiger partial charge in [0.25, 0.3) is 0 Å². The quantitative estimate of drug-likeness (QED) is 0.469. The van der Waals surface area contributed by atoms with Crippen molar-refractivity contribution >= 4 is 22.3 Å². The van der Waals surface area contributed by atoms with Crippen LogP contribution in [0, 0.1) is 0 Å². The molecule has 4 rings (SSSR count). The molecule has 3 nitrogen and oxygen atoms in total. The third kappa shape index (κ3) is 2.94. The van der Waals surface area contributed by atoms with E-state index in [0.29, 0.717) is 5.69 Å². The topological polar surface area (TPSA) is 32.8 Å². The summed E-state index contributed by atoms with van der Waals surface area (Å²) >= 11 is 0. The lowest BCUT2D eigenvalue weighted by molar-refractivity contribution is -0.137. The highest BCUT2D eigenvalue weighted by Gasteiger charge is 2.30. The summed E-state index contributed by atoms with van der Waals surface area (Å²) in [6.45, 7) is 0. The molecule has 0 unspecified atom stereocenters. The minimum absolute atomic E-state index is 0.602. The Labute approximate surface area is 148 Å². The SMILES string of the molecule is Cn1cc(Nc2ccc(C(F)(F)F)cc2)c(-c2c[nH]c3ccccc23)c1. The molecular weight excluding hydrogens is 339 g/mol. The maximum atomic E-state index is 12.7. The van der Waals surface area contributed by atoms with Crippen LogP contribution >= 0.6 is 0 Å². The van der Waals surface area contributed by atoms with E-state index >= 15 is 0 Å². The molecule has 0 saturated carbocycles. The molecule has 2 aromatic heterocycles. The Balaban J connectivity index is 1.70. The Morgan fingerprint density at radius 2 is 1.65 bits per heavy atom. The molecule has 2 aromatic carbocycles. The number of hydrogen-bond donors (Lipinski definition) is 2. The monoisotopic (exact) mass is 355 g/mol. The molecule has 132 valence electrons. The normalized spacial score (nSPS) is 11.8. The molecule has 0 atom stereocenters. The first kappa shape index (κ1) is 16.3. The number of alkyl halides is 3. The zero-order valence-corrected chi connectivity index (χ0v) is 13.9. The Morgan fingerprint density at radius 3 is 2.38 bits per heavy atom. The summed E-state index contributed by atoms with van der Waals surface area (Å²) < 4.78 is 40.1. The van der Waals surface area contributed by atoms with Crippen molar-refractivity contribution in [3.63, 3.8) is 0 Å². The van der Waals surface area contributed by atoms with Gasteiger partial charge in [0.1, 0.15) is 0 Å². The summed E-state index contributed by atoms with van der Waals surface area (Å²) in [4.78, 5) is 3.25. The Bertz CT molecular complexity index is 1060. The van der Waals surface area contributed by atoms with Gasteiger partial charge in [-0.3, -0.25) is 0 Å². The summed E-state index contributed by atoms with van der Waals surface area (Å²) in [5, 5.41) is 4.31. The molecule has 0 aliphatic rings. The summed E-state index contributed by atoms with van der Waals surface area (Å²) in [6, 6.07) is 13.0. The first-order chi connectivity index (χ1) is 12.4. The molecule has 0 aliphatic heterocycles. The lowest BCUT2D eigenvalue weighted by Gasteiger charge is -2.10. The number of rotatable bonds is 3. The number of benzene rings is 2. The Morgan fingerprint density at radius 1 is 0.923 bits per heavy atom. The number of nitrogens with one attached hydrogen (secondary N) is 2. The number of hydrogen-bond acceptors (Lipinski definition) is 1. The van der Waals surface area contributed by atoms with E-state index < -0.39 is 11.7 Å². The molecule has 0 aliphatic carbocycles. The number of para-hydroxylation sites is 1. The predicted octanol–water partition coefficient (Wildman–Crippen LogP) is 5.94. The molecular formula is C20H16F3N3. The molecule has 0 radical (unpaired) electrons. The average Bonchev–Trinajstić information content (AvgIpc) is 3.17. The van der Waals surface area contributed by atoms with Gasteiger partial charge in [-0.2, -0.15) is 13.2 Å². The van der Waals surface area contributed by atoms with Crippen molar-refractivity contribution in [2.45, 2.75) is 6.18 Å². The Kier molecular flexibility index (Phi) is 3.76. The van der Waals surface area contributed by atoms with Gasteiger partial charge >= 0.3 is 6.18 Å². The van der Waals surface area contributed by atoms with E-state index in [2.05, 4.69) is 10.3 Å². The number of aromatic amines is 1. The smallest absolute Gasteiger partial charge is 0.361 e.